The van der Waals surface area contributed by atoms with Gasteiger partial charge in [-0.25, -0.2) is 0 Å². The Bertz CT molecular complexity index is 156. The number of likely N-dealkylation sites (N-methyl/N-ethyl adjacent to an activating group) is 1. The van der Waals surface area contributed by atoms with E-state index in [0.29, 0.717) is 0 Å². The summed E-state index contributed by atoms with van der Waals surface area (Å²) in [7, 11) is 4.60. The molecule has 0 saturated heterocycles. The summed E-state index contributed by atoms with van der Waals surface area (Å²) in [6, 6.07) is 0. The standard InChI is InChI=1S/C9H18N/c1-8-5-9(2)7-10(3,4)6-8/h5,8H,6-7H2,1-4H3/q+1/t8-/m0/s1. The molecule has 0 aliphatic carbocycles. The maximum atomic E-state index is 2.39. The van der Waals surface area contributed by atoms with Crippen molar-refractivity contribution < 1.29 is 4.48 Å². The summed E-state index contributed by atoms with van der Waals surface area (Å²) in [5, 5.41) is 0. The lowest BCUT2D eigenvalue weighted by Crippen LogP contribution is -2.46. The van der Waals surface area contributed by atoms with Gasteiger partial charge in [0.2, 0.25) is 0 Å². The quantitative estimate of drug-likeness (QED) is 0.354. The molecule has 0 aromatic carbocycles. The molecule has 0 amide bonds. The van der Waals surface area contributed by atoms with E-state index >= 15 is 0 Å². The Labute approximate surface area is 63.9 Å². The van der Waals surface area contributed by atoms with Gasteiger partial charge >= 0.3 is 0 Å². The molecule has 1 rings (SSSR count). The Balaban J connectivity index is 2.70. The van der Waals surface area contributed by atoms with Crippen LogP contribution in [0.1, 0.15) is 13.8 Å². The highest BCUT2D eigenvalue weighted by Crippen LogP contribution is 2.17. The van der Waals surface area contributed by atoms with E-state index in [-0.39, 0.29) is 0 Å². The lowest BCUT2D eigenvalue weighted by Gasteiger charge is -2.35. The third-order valence-electron chi connectivity index (χ3n) is 2.03. The van der Waals surface area contributed by atoms with Crippen molar-refractivity contribution in [1.29, 1.82) is 0 Å². The predicted molar refractivity (Wildman–Crippen MR) is 44.8 cm³/mol. The van der Waals surface area contributed by atoms with Crippen LogP contribution in [0.4, 0.5) is 0 Å². The highest BCUT2D eigenvalue weighted by atomic mass is 15.3. The zero-order valence-corrected chi connectivity index (χ0v) is 7.52. The van der Waals surface area contributed by atoms with E-state index in [2.05, 4.69) is 34.0 Å². The highest BCUT2D eigenvalue weighted by Gasteiger charge is 2.22. The Morgan fingerprint density at radius 1 is 1.50 bits per heavy atom. The lowest BCUT2D eigenvalue weighted by molar-refractivity contribution is -0.889. The Morgan fingerprint density at radius 2 is 2.10 bits per heavy atom. The first-order valence-electron chi connectivity index (χ1n) is 3.99. The molecule has 0 saturated carbocycles. The van der Waals surface area contributed by atoms with Crippen LogP contribution in [0.15, 0.2) is 11.6 Å². The van der Waals surface area contributed by atoms with Crippen LogP contribution in [0.5, 0.6) is 0 Å². The van der Waals surface area contributed by atoms with Crippen LogP contribution < -0.4 is 0 Å². The molecular formula is C9H18N+. The van der Waals surface area contributed by atoms with Crippen molar-refractivity contribution in [1.82, 2.24) is 0 Å². The van der Waals surface area contributed by atoms with Crippen LogP contribution in [-0.2, 0) is 0 Å². The van der Waals surface area contributed by atoms with Crippen LogP contribution in [0.3, 0.4) is 0 Å². The molecule has 0 spiro atoms. The van der Waals surface area contributed by atoms with Crippen molar-refractivity contribution in [3.63, 3.8) is 0 Å². The normalized spacial score (nSPS) is 31.6. The molecule has 1 atom stereocenters. The molecule has 1 heterocycles. The van der Waals surface area contributed by atoms with E-state index in [4.69, 9.17) is 0 Å². The number of hydrogen-bond acceptors (Lipinski definition) is 0. The van der Waals surface area contributed by atoms with Gasteiger partial charge in [-0.05, 0) is 12.5 Å². The van der Waals surface area contributed by atoms with Gasteiger partial charge in [-0.3, -0.25) is 0 Å². The van der Waals surface area contributed by atoms with E-state index in [0.717, 1.165) is 10.4 Å². The van der Waals surface area contributed by atoms with Gasteiger partial charge in [-0.1, -0.05) is 13.0 Å². The molecular weight excluding hydrogens is 122 g/mol. The van der Waals surface area contributed by atoms with Crippen molar-refractivity contribution in [3.05, 3.63) is 11.6 Å². The van der Waals surface area contributed by atoms with Crippen molar-refractivity contribution in [2.75, 3.05) is 27.2 Å². The average molecular weight is 140 g/mol. The van der Waals surface area contributed by atoms with Gasteiger partial charge in [0.05, 0.1) is 27.2 Å². The zero-order chi connectivity index (χ0) is 7.78. The van der Waals surface area contributed by atoms with Gasteiger partial charge in [-0.2, -0.15) is 0 Å². The Hall–Kier alpha value is -0.300. The van der Waals surface area contributed by atoms with Crippen LogP contribution in [0.2, 0.25) is 0 Å². The second-order valence-corrected chi connectivity index (χ2v) is 4.27. The first kappa shape index (κ1) is 7.80. The SMILES string of the molecule is CC1=C[C@H](C)C[N+](C)(C)C1. The molecule has 0 radical (unpaired) electrons. The molecule has 1 aliphatic rings. The molecule has 0 aromatic rings. The van der Waals surface area contributed by atoms with Gasteiger partial charge in [-0.15, -0.1) is 0 Å². The third kappa shape index (κ3) is 1.84. The van der Waals surface area contributed by atoms with Crippen LogP contribution in [0, 0.1) is 5.92 Å². The number of nitrogens with zero attached hydrogens (tertiary/aromatic N) is 1. The van der Waals surface area contributed by atoms with Crippen LogP contribution in [0.25, 0.3) is 0 Å². The van der Waals surface area contributed by atoms with E-state index in [9.17, 15) is 0 Å². The zero-order valence-electron chi connectivity index (χ0n) is 7.52. The molecule has 58 valence electrons. The second kappa shape index (κ2) is 2.39. The number of rotatable bonds is 0. The van der Waals surface area contributed by atoms with E-state index in [1.54, 1.807) is 5.57 Å². The van der Waals surface area contributed by atoms with Gasteiger partial charge in [0.25, 0.3) is 0 Å². The molecule has 0 fully saturated rings. The first-order valence-corrected chi connectivity index (χ1v) is 3.99. The van der Waals surface area contributed by atoms with Gasteiger partial charge < -0.3 is 4.48 Å². The molecule has 1 nitrogen and oxygen atoms in total. The van der Waals surface area contributed by atoms with Crippen LogP contribution >= 0.6 is 0 Å². The maximum absolute atomic E-state index is 2.39. The smallest absolute Gasteiger partial charge is 0.0996 e. The summed E-state index contributed by atoms with van der Waals surface area (Å²) in [5.74, 6) is 0.767. The minimum Gasteiger partial charge on any atom is -0.325 e. The summed E-state index contributed by atoms with van der Waals surface area (Å²) in [4.78, 5) is 0. The largest absolute Gasteiger partial charge is 0.325 e. The highest BCUT2D eigenvalue weighted by molar-refractivity contribution is 5.03. The fourth-order valence-electron chi connectivity index (χ4n) is 2.11. The van der Waals surface area contributed by atoms with Gasteiger partial charge in [0.15, 0.2) is 0 Å². The molecule has 0 unspecified atom stereocenters. The van der Waals surface area contributed by atoms with Gasteiger partial charge in [0, 0.05) is 5.92 Å². The Kier molecular flexibility index (Phi) is 1.86. The minimum absolute atomic E-state index is 0.767. The van der Waals surface area contributed by atoms with Crippen molar-refractivity contribution >= 4 is 0 Å². The third-order valence-corrected chi connectivity index (χ3v) is 2.03. The monoisotopic (exact) mass is 140 g/mol. The minimum atomic E-state index is 0.767. The van der Waals surface area contributed by atoms with Gasteiger partial charge in [0.1, 0.15) is 0 Å². The van der Waals surface area contributed by atoms with Crippen molar-refractivity contribution in [2.45, 2.75) is 13.8 Å². The fraction of sp³-hybridized carbons (Fsp3) is 0.778. The van der Waals surface area contributed by atoms with E-state index in [1.165, 1.54) is 13.1 Å². The fourth-order valence-corrected chi connectivity index (χ4v) is 2.11. The molecule has 10 heavy (non-hydrogen) atoms. The van der Waals surface area contributed by atoms with Crippen molar-refractivity contribution in [3.8, 4) is 0 Å². The van der Waals surface area contributed by atoms with Crippen LogP contribution in [-0.4, -0.2) is 31.7 Å². The summed E-state index contributed by atoms with van der Waals surface area (Å²) in [5.41, 5.74) is 1.55. The summed E-state index contributed by atoms with van der Waals surface area (Å²) < 4.78 is 1.16. The lowest BCUT2D eigenvalue weighted by atomic mass is 10.0. The molecule has 1 heteroatoms. The topological polar surface area (TPSA) is 0 Å². The van der Waals surface area contributed by atoms with Crippen molar-refractivity contribution in [2.24, 2.45) is 5.92 Å². The van der Waals surface area contributed by atoms with E-state index in [1.807, 2.05) is 0 Å². The Morgan fingerprint density at radius 3 is 2.50 bits per heavy atom. The second-order valence-electron chi connectivity index (χ2n) is 4.27. The molecule has 0 N–H and O–H groups in total. The molecule has 1 aliphatic heterocycles. The first-order chi connectivity index (χ1) is 4.49. The molecule has 0 bridgehead atoms. The summed E-state index contributed by atoms with van der Waals surface area (Å²) in [6.07, 6.45) is 2.39. The summed E-state index contributed by atoms with van der Waals surface area (Å²) >= 11 is 0. The maximum Gasteiger partial charge on any atom is 0.0996 e. The molecule has 0 aromatic heterocycles. The average Bonchev–Trinajstić information content (AvgIpc) is 1.54. The summed E-state index contributed by atoms with van der Waals surface area (Å²) in [6.45, 7) is 7.04. The number of hydrogen-bond donors (Lipinski definition) is 0. The van der Waals surface area contributed by atoms with E-state index < -0.39 is 0 Å². The predicted octanol–water partition coefficient (Wildman–Crippen LogP) is 1.66. The number of quaternary nitrogens is 1.